The minimum Gasteiger partial charge on any atom is -0.352 e. The van der Waals surface area contributed by atoms with Gasteiger partial charge in [-0.05, 0) is 19.3 Å². The van der Waals surface area contributed by atoms with Crippen LogP contribution >= 0.6 is 0 Å². The Labute approximate surface area is 90.5 Å². The van der Waals surface area contributed by atoms with Crippen molar-refractivity contribution in [2.45, 2.75) is 26.3 Å². The number of rotatable bonds is 2. The monoisotopic (exact) mass is 206 g/mol. The lowest BCUT2D eigenvalue weighted by Crippen LogP contribution is -2.38. The van der Waals surface area contributed by atoms with Crippen molar-refractivity contribution >= 4 is 5.82 Å². The standard InChI is InChI=1S/C11H18N4/c1-8-3-4-15(10(8)6-12)11-5-9(2)13-7-14-11/h5,7-8,10H,3-4,6,12H2,1-2H3. The molecule has 4 heteroatoms. The Kier molecular flexibility index (Phi) is 2.86. The highest BCUT2D eigenvalue weighted by Crippen LogP contribution is 2.27. The van der Waals surface area contributed by atoms with Gasteiger partial charge in [0.25, 0.3) is 0 Å². The number of hydrogen-bond donors (Lipinski definition) is 1. The molecule has 0 radical (unpaired) electrons. The highest BCUT2D eigenvalue weighted by molar-refractivity contribution is 5.41. The summed E-state index contributed by atoms with van der Waals surface area (Å²) in [5.41, 5.74) is 6.81. The molecule has 4 nitrogen and oxygen atoms in total. The molecular formula is C11H18N4. The molecule has 1 aliphatic heterocycles. The smallest absolute Gasteiger partial charge is 0.132 e. The van der Waals surface area contributed by atoms with E-state index in [4.69, 9.17) is 5.73 Å². The summed E-state index contributed by atoms with van der Waals surface area (Å²) >= 11 is 0. The van der Waals surface area contributed by atoms with Gasteiger partial charge in [-0.15, -0.1) is 0 Å². The third-order valence-corrected chi connectivity index (χ3v) is 3.21. The Morgan fingerprint density at radius 2 is 2.33 bits per heavy atom. The first-order valence-corrected chi connectivity index (χ1v) is 5.47. The molecule has 1 fully saturated rings. The molecule has 2 atom stereocenters. The van der Waals surface area contributed by atoms with Crippen LogP contribution in [-0.2, 0) is 0 Å². The Hall–Kier alpha value is -1.16. The Morgan fingerprint density at radius 3 is 3.00 bits per heavy atom. The molecule has 0 amide bonds. The van der Waals surface area contributed by atoms with Crippen molar-refractivity contribution in [2.24, 2.45) is 11.7 Å². The maximum absolute atomic E-state index is 5.80. The first kappa shape index (κ1) is 10.4. The maximum Gasteiger partial charge on any atom is 0.132 e. The predicted octanol–water partition coefficient (Wildman–Crippen LogP) is 0.959. The molecule has 2 N–H and O–H groups in total. The third-order valence-electron chi connectivity index (χ3n) is 3.21. The molecular weight excluding hydrogens is 188 g/mol. The predicted molar refractivity (Wildman–Crippen MR) is 60.7 cm³/mol. The number of aromatic nitrogens is 2. The van der Waals surface area contributed by atoms with Gasteiger partial charge >= 0.3 is 0 Å². The molecule has 15 heavy (non-hydrogen) atoms. The second-order valence-electron chi connectivity index (χ2n) is 4.28. The van der Waals surface area contributed by atoms with Crippen molar-refractivity contribution in [3.63, 3.8) is 0 Å². The van der Waals surface area contributed by atoms with Gasteiger partial charge in [0.2, 0.25) is 0 Å². The molecule has 82 valence electrons. The van der Waals surface area contributed by atoms with E-state index < -0.39 is 0 Å². The van der Waals surface area contributed by atoms with Crippen LogP contribution in [0.4, 0.5) is 5.82 Å². The summed E-state index contributed by atoms with van der Waals surface area (Å²) in [5.74, 6) is 1.67. The number of anilines is 1. The van der Waals surface area contributed by atoms with Crippen LogP contribution in [0.3, 0.4) is 0 Å². The van der Waals surface area contributed by atoms with Crippen LogP contribution in [0.2, 0.25) is 0 Å². The fourth-order valence-electron chi connectivity index (χ4n) is 2.25. The van der Waals surface area contributed by atoms with Gasteiger partial charge in [-0.25, -0.2) is 9.97 Å². The maximum atomic E-state index is 5.80. The number of nitrogens with two attached hydrogens (primary N) is 1. The minimum absolute atomic E-state index is 0.430. The van der Waals surface area contributed by atoms with Gasteiger partial charge in [0, 0.05) is 30.9 Å². The second kappa shape index (κ2) is 4.14. The lowest BCUT2D eigenvalue weighted by atomic mass is 10.0. The van der Waals surface area contributed by atoms with E-state index in [0.29, 0.717) is 18.5 Å². The van der Waals surface area contributed by atoms with Crippen molar-refractivity contribution < 1.29 is 0 Å². The van der Waals surface area contributed by atoms with Gasteiger partial charge in [0.1, 0.15) is 12.1 Å². The van der Waals surface area contributed by atoms with Crippen LogP contribution < -0.4 is 10.6 Å². The van der Waals surface area contributed by atoms with Gasteiger partial charge in [-0.3, -0.25) is 0 Å². The summed E-state index contributed by atoms with van der Waals surface area (Å²) in [7, 11) is 0. The van der Waals surface area contributed by atoms with E-state index in [1.165, 1.54) is 6.42 Å². The zero-order chi connectivity index (χ0) is 10.8. The van der Waals surface area contributed by atoms with Gasteiger partial charge in [0.05, 0.1) is 0 Å². The molecule has 2 heterocycles. The van der Waals surface area contributed by atoms with E-state index in [1.807, 2.05) is 13.0 Å². The Balaban J connectivity index is 2.23. The van der Waals surface area contributed by atoms with Crippen LogP contribution in [0.1, 0.15) is 19.0 Å². The van der Waals surface area contributed by atoms with Crippen LogP contribution in [0, 0.1) is 12.8 Å². The van der Waals surface area contributed by atoms with E-state index in [0.717, 1.165) is 18.1 Å². The van der Waals surface area contributed by atoms with Crippen molar-refractivity contribution in [1.29, 1.82) is 0 Å². The molecule has 2 unspecified atom stereocenters. The van der Waals surface area contributed by atoms with Crippen LogP contribution in [0.25, 0.3) is 0 Å². The largest absolute Gasteiger partial charge is 0.352 e. The fraction of sp³-hybridized carbons (Fsp3) is 0.636. The van der Waals surface area contributed by atoms with Crippen molar-refractivity contribution in [3.05, 3.63) is 18.1 Å². The zero-order valence-electron chi connectivity index (χ0n) is 9.35. The number of hydrogen-bond acceptors (Lipinski definition) is 4. The Morgan fingerprint density at radius 1 is 1.53 bits per heavy atom. The topological polar surface area (TPSA) is 55.0 Å². The molecule has 0 aromatic carbocycles. The summed E-state index contributed by atoms with van der Waals surface area (Å²) in [6.45, 7) is 6.00. The zero-order valence-corrected chi connectivity index (χ0v) is 9.35. The van der Waals surface area contributed by atoms with Crippen molar-refractivity contribution in [2.75, 3.05) is 18.0 Å². The van der Waals surface area contributed by atoms with Crippen molar-refractivity contribution in [1.82, 2.24) is 9.97 Å². The molecule has 1 saturated heterocycles. The SMILES string of the molecule is Cc1cc(N2CCC(C)C2CN)ncn1. The average Bonchev–Trinajstić information content (AvgIpc) is 2.59. The lowest BCUT2D eigenvalue weighted by Gasteiger charge is -2.26. The molecule has 2 rings (SSSR count). The first-order valence-electron chi connectivity index (χ1n) is 5.47. The summed E-state index contributed by atoms with van der Waals surface area (Å²) in [4.78, 5) is 10.7. The van der Waals surface area contributed by atoms with Gasteiger partial charge in [-0.1, -0.05) is 6.92 Å². The van der Waals surface area contributed by atoms with Gasteiger partial charge in [-0.2, -0.15) is 0 Å². The Bertz CT molecular complexity index is 339. The lowest BCUT2D eigenvalue weighted by molar-refractivity contribution is 0.517. The molecule has 0 aliphatic carbocycles. The quantitative estimate of drug-likeness (QED) is 0.783. The van der Waals surface area contributed by atoms with Crippen LogP contribution in [-0.4, -0.2) is 29.1 Å². The fourth-order valence-corrected chi connectivity index (χ4v) is 2.25. The normalized spacial score (nSPS) is 25.9. The highest BCUT2D eigenvalue weighted by Gasteiger charge is 2.30. The summed E-state index contributed by atoms with van der Waals surface area (Å²) in [5, 5.41) is 0. The van der Waals surface area contributed by atoms with E-state index in [2.05, 4.69) is 21.8 Å². The molecule has 1 aromatic rings. The highest BCUT2D eigenvalue weighted by atomic mass is 15.2. The number of aryl methyl sites for hydroxylation is 1. The number of nitrogens with zero attached hydrogens (tertiary/aromatic N) is 3. The second-order valence-corrected chi connectivity index (χ2v) is 4.28. The van der Waals surface area contributed by atoms with E-state index in [1.54, 1.807) is 6.33 Å². The molecule has 1 aliphatic rings. The van der Waals surface area contributed by atoms with Gasteiger partial charge < -0.3 is 10.6 Å². The molecule has 0 bridgehead atoms. The van der Waals surface area contributed by atoms with Gasteiger partial charge in [0.15, 0.2) is 0 Å². The molecule has 1 aromatic heterocycles. The van der Waals surface area contributed by atoms with Crippen LogP contribution in [0.5, 0.6) is 0 Å². The third kappa shape index (κ3) is 1.95. The molecule has 0 saturated carbocycles. The summed E-state index contributed by atoms with van der Waals surface area (Å²) in [6.07, 6.45) is 2.83. The summed E-state index contributed by atoms with van der Waals surface area (Å²) < 4.78 is 0. The summed E-state index contributed by atoms with van der Waals surface area (Å²) in [6, 6.07) is 2.46. The first-order chi connectivity index (χ1) is 7.22. The minimum atomic E-state index is 0.430. The van der Waals surface area contributed by atoms with E-state index in [-0.39, 0.29) is 0 Å². The average molecular weight is 206 g/mol. The molecule has 0 spiro atoms. The van der Waals surface area contributed by atoms with Crippen molar-refractivity contribution in [3.8, 4) is 0 Å². The van der Waals surface area contributed by atoms with E-state index in [9.17, 15) is 0 Å². The van der Waals surface area contributed by atoms with Crippen LogP contribution in [0.15, 0.2) is 12.4 Å². The van der Waals surface area contributed by atoms with E-state index >= 15 is 0 Å².